The molecular formula is C20H31IN4O2. The molecule has 150 valence electrons. The van der Waals surface area contributed by atoms with Crippen molar-refractivity contribution in [3.63, 3.8) is 0 Å². The second-order valence-corrected chi connectivity index (χ2v) is 6.96. The topological polar surface area (TPSA) is 71.7 Å². The molecule has 0 saturated heterocycles. The predicted molar refractivity (Wildman–Crippen MR) is 120 cm³/mol. The molecule has 0 amide bonds. The van der Waals surface area contributed by atoms with Crippen molar-refractivity contribution < 1.29 is 9.26 Å². The molecule has 1 heterocycles. The zero-order valence-electron chi connectivity index (χ0n) is 16.8. The number of aromatic nitrogens is 1. The van der Waals surface area contributed by atoms with E-state index < -0.39 is 0 Å². The van der Waals surface area contributed by atoms with E-state index in [9.17, 15) is 0 Å². The number of rotatable bonds is 8. The molecule has 6 nitrogen and oxygen atoms in total. The maximum atomic E-state index is 5.90. The lowest BCUT2D eigenvalue weighted by atomic mass is 10.1. The summed E-state index contributed by atoms with van der Waals surface area (Å²) in [7, 11) is 1.75. The van der Waals surface area contributed by atoms with Crippen LogP contribution in [0, 0.1) is 5.92 Å². The minimum Gasteiger partial charge on any atom is -0.493 e. The van der Waals surface area contributed by atoms with Gasteiger partial charge in [-0.1, -0.05) is 51.1 Å². The van der Waals surface area contributed by atoms with E-state index in [4.69, 9.17) is 9.26 Å². The van der Waals surface area contributed by atoms with Crippen LogP contribution in [0.25, 0.3) is 0 Å². The van der Waals surface area contributed by atoms with Gasteiger partial charge in [-0.05, 0) is 17.9 Å². The number of benzene rings is 1. The predicted octanol–water partition coefficient (Wildman–Crippen LogP) is 4.32. The van der Waals surface area contributed by atoms with Crippen LogP contribution >= 0.6 is 24.0 Å². The van der Waals surface area contributed by atoms with E-state index in [-0.39, 0.29) is 24.0 Å². The lowest BCUT2D eigenvalue weighted by Gasteiger charge is -2.15. The monoisotopic (exact) mass is 486 g/mol. The number of nitrogens with one attached hydrogen (secondary N) is 2. The first kappa shape index (κ1) is 23.3. The molecule has 1 aromatic heterocycles. The number of halogens is 1. The summed E-state index contributed by atoms with van der Waals surface area (Å²) in [5, 5.41) is 10.6. The average molecular weight is 486 g/mol. The molecule has 2 N–H and O–H groups in total. The second-order valence-electron chi connectivity index (χ2n) is 6.96. The van der Waals surface area contributed by atoms with E-state index >= 15 is 0 Å². The van der Waals surface area contributed by atoms with Gasteiger partial charge in [-0.25, -0.2) is 0 Å². The number of guanidine groups is 1. The number of para-hydroxylation sites is 1. The molecule has 2 rings (SSSR count). The van der Waals surface area contributed by atoms with E-state index in [1.807, 2.05) is 24.3 Å². The van der Waals surface area contributed by atoms with Crippen LogP contribution in [-0.2, 0) is 13.1 Å². The average Bonchev–Trinajstić information content (AvgIpc) is 3.10. The van der Waals surface area contributed by atoms with Crippen LogP contribution < -0.4 is 15.4 Å². The summed E-state index contributed by atoms with van der Waals surface area (Å²) in [6.45, 7) is 10.3. The SMILES string of the molecule is CN=C(NCc1cc(C(C)C)no1)NCc1ccccc1OCC(C)C.I. The quantitative estimate of drug-likeness (QED) is 0.331. The van der Waals surface area contributed by atoms with Crippen molar-refractivity contribution in [2.24, 2.45) is 10.9 Å². The van der Waals surface area contributed by atoms with Gasteiger partial charge in [0.2, 0.25) is 0 Å². The van der Waals surface area contributed by atoms with Crippen LogP contribution in [0.15, 0.2) is 39.8 Å². The number of nitrogens with zero attached hydrogens (tertiary/aromatic N) is 2. The fourth-order valence-electron chi connectivity index (χ4n) is 2.30. The Morgan fingerprint density at radius 2 is 1.85 bits per heavy atom. The molecule has 0 aliphatic rings. The molecule has 0 spiro atoms. The summed E-state index contributed by atoms with van der Waals surface area (Å²) in [5.41, 5.74) is 2.05. The molecule has 0 saturated carbocycles. The lowest BCUT2D eigenvalue weighted by molar-refractivity contribution is 0.268. The molecule has 0 bridgehead atoms. The molecule has 0 radical (unpaired) electrons. The Bertz CT molecular complexity index is 714. The highest BCUT2D eigenvalue weighted by Crippen LogP contribution is 2.18. The van der Waals surface area contributed by atoms with Gasteiger partial charge in [-0.15, -0.1) is 24.0 Å². The number of hydrogen-bond acceptors (Lipinski definition) is 4. The third-order valence-corrected chi connectivity index (χ3v) is 3.81. The van der Waals surface area contributed by atoms with E-state index in [1.165, 1.54) is 0 Å². The first-order valence-electron chi connectivity index (χ1n) is 9.10. The van der Waals surface area contributed by atoms with E-state index in [0.717, 1.165) is 22.8 Å². The van der Waals surface area contributed by atoms with Gasteiger partial charge in [-0.3, -0.25) is 4.99 Å². The van der Waals surface area contributed by atoms with Gasteiger partial charge in [0.1, 0.15) is 5.75 Å². The number of aliphatic imine (C=N–C) groups is 1. The van der Waals surface area contributed by atoms with Crippen LogP contribution in [0.5, 0.6) is 5.75 Å². The van der Waals surface area contributed by atoms with Crippen molar-refractivity contribution in [1.29, 1.82) is 0 Å². The van der Waals surface area contributed by atoms with Crippen LogP contribution in [0.3, 0.4) is 0 Å². The van der Waals surface area contributed by atoms with Gasteiger partial charge in [0.15, 0.2) is 11.7 Å². The number of hydrogen-bond donors (Lipinski definition) is 2. The van der Waals surface area contributed by atoms with Crippen molar-refractivity contribution in [2.75, 3.05) is 13.7 Å². The Morgan fingerprint density at radius 3 is 2.48 bits per heavy atom. The molecule has 7 heteroatoms. The molecule has 0 fully saturated rings. The van der Waals surface area contributed by atoms with Crippen molar-refractivity contribution >= 4 is 29.9 Å². The molecule has 0 aliphatic carbocycles. The minimum absolute atomic E-state index is 0. The van der Waals surface area contributed by atoms with Gasteiger partial charge < -0.3 is 19.9 Å². The zero-order valence-corrected chi connectivity index (χ0v) is 19.1. The highest BCUT2D eigenvalue weighted by molar-refractivity contribution is 14.0. The smallest absolute Gasteiger partial charge is 0.191 e. The van der Waals surface area contributed by atoms with Gasteiger partial charge in [0.05, 0.1) is 18.8 Å². The molecule has 2 aromatic rings. The summed E-state index contributed by atoms with van der Waals surface area (Å²) in [5.74, 6) is 3.24. The van der Waals surface area contributed by atoms with Crippen LogP contribution in [-0.4, -0.2) is 24.8 Å². The Hall–Kier alpha value is -1.77. The van der Waals surface area contributed by atoms with Gasteiger partial charge in [0, 0.05) is 25.2 Å². The first-order valence-corrected chi connectivity index (χ1v) is 9.10. The van der Waals surface area contributed by atoms with Crippen LogP contribution in [0.2, 0.25) is 0 Å². The minimum atomic E-state index is 0. The van der Waals surface area contributed by atoms with Gasteiger partial charge in [0.25, 0.3) is 0 Å². The molecule has 0 atom stereocenters. The maximum Gasteiger partial charge on any atom is 0.191 e. The molecule has 0 aliphatic heterocycles. The van der Waals surface area contributed by atoms with Crippen molar-refractivity contribution in [1.82, 2.24) is 15.8 Å². The summed E-state index contributed by atoms with van der Waals surface area (Å²) in [4.78, 5) is 4.26. The third kappa shape index (κ3) is 7.78. The van der Waals surface area contributed by atoms with Crippen molar-refractivity contribution in [3.05, 3.63) is 47.3 Å². The molecule has 0 unspecified atom stereocenters. The van der Waals surface area contributed by atoms with Gasteiger partial charge in [-0.2, -0.15) is 0 Å². The lowest BCUT2D eigenvalue weighted by Crippen LogP contribution is -2.36. The number of ether oxygens (including phenoxy) is 1. The summed E-state index contributed by atoms with van der Waals surface area (Å²) in [6, 6.07) is 10.0. The Kier molecular flexibility index (Phi) is 10.2. The summed E-state index contributed by atoms with van der Waals surface area (Å²) < 4.78 is 11.2. The summed E-state index contributed by atoms with van der Waals surface area (Å²) in [6.07, 6.45) is 0. The maximum absolute atomic E-state index is 5.90. The van der Waals surface area contributed by atoms with Crippen LogP contribution in [0.1, 0.15) is 50.6 Å². The third-order valence-electron chi connectivity index (χ3n) is 3.81. The normalized spacial score (nSPS) is 11.4. The first-order chi connectivity index (χ1) is 12.5. The van der Waals surface area contributed by atoms with Gasteiger partial charge >= 0.3 is 0 Å². The van der Waals surface area contributed by atoms with E-state index in [1.54, 1.807) is 7.05 Å². The van der Waals surface area contributed by atoms with E-state index in [2.05, 4.69) is 54.5 Å². The molecule has 1 aromatic carbocycles. The Labute approximate surface area is 179 Å². The fourth-order valence-corrected chi connectivity index (χ4v) is 2.30. The fraction of sp³-hybridized carbons (Fsp3) is 0.500. The Morgan fingerprint density at radius 1 is 1.15 bits per heavy atom. The van der Waals surface area contributed by atoms with Crippen molar-refractivity contribution in [2.45, 2.75) is 46.7 Å². The second kappa shape index (κ2) is 11.8. The molecule has 27 heavy (non-hydrogen) atoms. The standard InChI is InChI=1S/C20H30N4O2.HI/c1-14(2)13-25-19-9-7-6-8-16(19)11-22-20(21-5)23-12-17-10-18(15(3)4)24-26-17;/h6-10,14-15H,11-13H2,1-5H3,(H2,21,22,23);1H. The largest absolute Gasteiger partial charge is 0.493 e. The van der Waals surface area contributed by atoms with Crippen LogP contribution in [0.4, 0.5) is 0 Å². The zero-order chi connectivity index (χ0) is 18.9. The highest BCUT2D eigenvalue weighted by Gasteiger charge is 2.09. The van der Waals surface area contributed by atoms with Crippen molar-refractivity contribution in [3.8, 4) is 5.75 Å². The van der Waals surface area contributed by atoms with E-state index in [0.29, 0.717) is 37.5 Å². The summed E-state index contributed by atoms with van der Waals surface area (Å²) >= 11 is 0. The highest BCUT2D eigenvalue weighted by atomic mass is 127. The Balaban J connectivity index is 0.00000364. The molecular weight excluding hydrogens is 455 g/mol.